The van der Waals surface area contributed by atoms with Gasteiger partial charge in [0.05, 0.1) is 7.11 Å². The third-order valence-corrected chi connectivity index (χ3v) is 2.41. The number of urea groups is 1. The van der Waals surface area contributed by atoms with E-state index in [0.29, 0.717) is 11.4 Å². The van der Waals surface area contributed by atoms with Gasteiger partial charge in [0, 0.05) is 30.8 Å². The molecule has 1 aromatic rings. The Morgan fingerprint density at radius 2 is 2.05 bits per heavy atom. The van der Waals surface area contributed by atoms with Gasteiger partial charge in [-0.05, 0) is 26.0 Å². The minimum Gasteiger partial charge on any atom is -0.497 e. The lowest BCUT2D eigenvalue weighted by Gasteiger charge is -2.10. The summed E-state index contributed by atoms with van der Waals surface area (Å²) in [5.74, 6) is 0.584. The molecule has 0 unspecified atom stereocenters. The highest BCUT2D eigenvalue weighted by Gasteiger charge is 2.05. The molecular weight excluding hydrogens is 258 g/mol. The van der Waals surface area contributed by atoms with Crippen LogP contribution in [-0.4, -0.2) is 31.6 Å². The van der Waals surface area contributed by atoms with Gasteiger partial charge < -0.3 is 20.7 Å². The average molecular weight is 279 g/mol. The number of anilines is 1. The van der Waals surface area contributed by atoms with Gasteiger partial charge in [0.25, 0.3) is 0 Å². The molecule has 20 heavy (non-hydrogen) atoms. The van der Waals surface area contributed by atoms with Crippen LogP contribution < -0.4 is 20.7 Å². The second-order valence-electron chi connectivity index (χ2n) is 4.59. The highest BCUT2D eigenvalue weighted by Crippen LogP contribution is 2.16. The molecule has 3 N–H and O–H groups in total. The fraction of sp³-hybridized carbons (Fsp3) is 0.429. The Morgan fingerprint density at radius 1 is 1.30 bits per heavy atom. The van der Waals surface area contributed by atoms with Gasteiger partial charge in [-0.1, -0.05) is 6.07 Å². The molecule has 0 bridgehead atoms. The van der Waals surface area contributed by atoms with Crippen LogP contribution in [0.15, 0.2) is 24.3 Å². The molecule has 0 spiro atoms. The summed E-state index contributed by atoms with van der Waals surface area (Å²) in [6, 6.07) is 6.80. The smallest absolute Gasteiger partial charge is 0.319 e. The fourth-order valence-corrected chi connectivity index (χ4v) is 1.56. The van der Waals surface area contributed by atoms with Crippen LogP contribution in [0.25, 0.3) is 0 Å². The number of amides is 3. The lowest BCUT2D eigenvalue weighted by atomic mass is 10.3. The Labute approximate surface area is 118 Å². The monoisotopic (exact) mass is 279 g/mol. The van der Waals surface area contributed by atoms with E-state index in [1.807, 2.05) is 13.8 Å². The van der Waals surface area contributed by atoms with Crippen molar-refractivity contribution in [3.05, 3.63) is 24.3 Å². The normalized spacial score (nSPS) is 10.0. The molecular formula is C14H21N3O3. The van der Waals surface area contributed by atoms with Crippen LogP contribution in [-0.2, 0) is 4.79 Å². The van der Waals surface area contributed by atoms with Crippen LogP contribution in [0.5, 0.6) is 5.75 Å². The van der Waals surface area contributed by atoms with E-state index >= 15 is 0 Å². The quantitative estimate of drug-likeness (QED) is 0.742. The number of benzene rings is 1. The standard InChI is InChI=1S/C14H21N3O3/c1-10(2)16-13(18)7-8-15-14(19)17-11-5-4-6-12(9-11)20-3/h4-6,9-10H,7-8H2,1-3H3,(H,16,18)(H2,15,17,19). The summed E-state index contributed by atoms with van der Waals surface area (Å²) in [6.45, 7) is 4.07. The molecule has 0 aliphatic carbocycles. The summed E-state index contributed by atoms with van der Waals surface area (Å²) < 4.78 is 5.06. The Hall–Kier alpha value is -2.24. The predicted molar refractivity (Wildman–Crippen MR) is 77.9 cm³/mol. The average Bonchev–Trinajstić information content (AvgIpc) is 2.38. The molecule has 0 atom stereocenters. The molecule has 0 aromatic heterocycles. The van der Waals surface area contributed by atoms with Crippen molar-refractivity contribution in [2.75, 3.05) is 19.0 Å². The molecule has 6 heteroatoms. The van der Waals surface area contributed by atoms with Gasteiger partial charge in [0.1, 0.15) is 5.75 Å². The van der Waals surface area contributed by atoms with E-state index in [1.54, 1.807) is 31.4 Å². The van der Waals surface area contributed by atoms with Gasteiger partial charge in [0.2, 0.25) is 5.91 Å². The van der Waals surface area contributed by atoms with Crippen molar-refractivity contribution >= 4 is 17.6 Å². The summed E-state index contributed by atoms with van der Waals surface area (Å²) in [7, 11) is 1.56. The third-order valence-electron chi connectivity index (χ3n) is 2.41. The third kappa shape index (κ3) is 6.08. The molecule has 0 aliphatic heterocycles. The summed E-state index contributed by atoms with van der Waals surface area (Å²) in [4.78, 5) is 23.0. The molecule has 0 heterocycles. The van der Waals surface area contributed by atoms with Crippen LogP contribution in [0.3, 0.4) is 0 Å². The summed E-state index contributed by atoms with van der Waals surface area (Å²) in [6.07, 6.45) is 0.254. The fourth-order valence-electron chi connectivity index (χ4n) is 1.56. The number of methoxy groups -OCH3 is 1. The zero-order chi connectivity index (χ0) is 15.0. The van der Waals surface area contributed by atoms with Gasteiger partial charge in [-0.15, -0.1) is 0 Å². The lowest BCUT2D eigenvalue weighted by molar-refractivity contribution is -0.121. The zero-order valence-corrected chi connectivity index (χ0v) is 12.0. The topological polar surface area (TPSA) is 79.5 Å². The first-order valence-electron chi connectivity index (χ1n) is 6.49. The first-order valence-corrected chi connectivity index (χ1v) is 6.49. The van der Waals surface area contributed by atoms with Gasteiger partial charge in [-0.25, -0.2) is 4.79 Å². The molecule has 0 radical (unpaired) electrons. The molecule has 1 aromatic carbocycles. The summed E-state index contributed by atoms with van der Waals surface area (Å²) in [5.41, 5.74) is 0.633. The van der Waals surface area contributed by atoms with Crippen LogP contribution in [0.1, 0.15) is 20.3 Å². The van der Waals surface area contributed by atoms with Crippen molar-refractivity contribution in [3.8, 4) is 5.75 Å². The molecule has 110 valence electrons. The largest absolute Gasteiger partial charge is 0.497 e. The Morgan fingerprint density at radius 3 is 2.70 bits per heavy atom. The van der Waals surface area contributed by atoms with E-state index in [1.165, 1.54) is 0 Å². The minimum absolute atomic E-state index is 0.0818. The number of hydrogen-bond acceptors (Lipinski definition) is 3. The Balaban J connectivity index is 2.31. The van der Waals surface area contributed by atoms with Crippen molar-refractivity contribution < 1.29 is 14.3 Å². The number of carbonyl (C=O) groups is 2. The first kappa shape index (κ1) is 15.8. The second kappa shape index (κ2) is 8.04. The molecule has 6 nitrogen and oxygen atoms in total. The Bertz CT molecular complexity index is 461. The van der Waals surface area contributed by atoms with Gasteiger partial charge >= 0.3 is 6.03 Å². The maximum absolute atomic E-state index is 11.6. The van der Waals surface area contributed by atoms with E-state index in [9.17, 15) is 9.59 Å². The van der Waals surface area contributed by atoms with Crippen LogP contribution in [0.4, 0.5) is 10.5 Å². The van der Waals surface area contributed by atoms with Crippen LogP contribution in [0, 0.1) is 0 Å². The summed E-state index contributed by atoms with van der Waals surface area (Å²) in [5, 5.41) is 8.04. The summed E-state index contributed by atoms with van der Waals surface area (Å²) >= 11 is 0. The van der Waals surface area contributed by atoms with Crippen molar-refractivity contribution in [1.29, 1.82) is 0 Å². The first-order chi connectivity index (χ1) is 9.51. The molecule has 0 aliphatic rings. The highest BCUT2D eigenvalue weighted by atomic mass is 16.5. The highest BCUT2D eigenvalue weighted by molar-refractivity contribution is 5.89. The molecule has 0 saturated carbocycles. The SMILES string of the molecule is COc1cccc(NC(=O)NCCC(=O)NC(C)C)c1. The van der Waals surface area contributed by atoms with Crippen molar-refractivity contribution in [2.24, 2.45) is 0 Å². The minimum atomic E-state index is -0.351. The zero-order valence-electron chi connectivity index (χ0n) is 12.0. The van der Waals surface area contributed by atoms with Crippen molar-refractivity contribution in [3.63, 3.8) is 0 Å². The second-order valence-corrected chi connectivity index (χ2v) is 4.59. The number of rotatable bonds is 6. The predicted octanol–water partition coefficient (Wildman–Crippen LogP) is 1.73. The maximum atomic E-state index is 11.6. The number of hydrogen-bond donors (Lipinski definition) is 3. The van der Waals surface area contributed by atoms with E-state index in [4.69, 9.17) is 4.74 Å². The van der Waals surface area contributed by atoms with Gasteiger partial charge in [0.15, 0.2) is 0 Å². The van der Waals surface area contributed by atoms with E-state index in [-0.39, 0.29) is 30.9 Å². The van der Waals surface area contributed by atoms with E-state index < -0.39 is 0 Å². The van der Waals surface area contributed by atoms with Gasteiger partial charge in [-0.2, -0.15) is 0 Å². The lowest BCUT2D eigenvalue weighted by Crippen LogP contribution is -2.35. The van der Waals surface area contributed by atoms with Gasteiger partial charge in [-0.3, -0.25) is 4.79 Å². The van der Waals surface area contributed by atoms with Crippen LogP contribution >= 0.6 is 0 Å². The maximum Gasteiger partial charge on any atom is 0.319 e. The number of carbonyl (C=O) groups excluding carboxylic acids is 2. The van der Waals surface area contributed by atoms with Crippen LogP contribution in [0.2, 0.25) is 0 Å². The van der Waals surface area contributed by atoms with E-state index in [0.717, 1.165) is 0 Å². The molecule has 0 fully saturated rings. The molecule has 0 saturated heterocycles. The van der Waals surface area contributed by atoms with E-state index in [2.05, 4.69) is 16.0 Å². The molecule has 3 amide bonds. The number of ether oxygens (including phenoxy) is 1. The number of nitrogens with one attached hydrogen (secondary N) is 3. The van der Waals surface area contributed by atoms with Crippen molar-refractivity contribution in [2.45, 2.75) is 26.3 Å². The van der Waals surface area contributed by atoms with Crippen molar-refractivity contribution in [1.82, 2.24) is 10.6 Å². The molecule has 1 rings (SSSR count). The Kier molecular flexibility index (Phi) is 6.36.